The van der Waals surface area contributed by atoms with Crippen LogP contribution in [0.15, 0.2) is 36.5 Å². The van der Waals surface area contributed by atoms with Crippen molar-refractivity contribution in [2.45, 2.75) is 187 Å². The van der Waals surface area contributed by atoms with E-state index in [4.69, 9.17) is 0 Å². The maximum Gasteiger partial charge on any atom is 0.267 e. The predicted octanol–water partition coefficient (Wildman–Crippen LogP) is 10.2. The molecule has 6 nitrogen and oxygen atoms in total. The maximum atomic E-state index is 12.3. The molecule has 0 rings (SSSR count). The van der Waals surface area contributed by atoms with Gasteiger partial charge in [-0.25, -0.2) is 0 Å². The van der Waals surface area contributed by atoms with Crippen LogP contribution in [-0.4, -0.2) is 41.9 Å². The Kier molecular flexibility index (Phi) is 30.5. The number of aliphatic hydroxyl groups excluding tert-OH is 1. The van der Waals surface area contributed by atoms with Gasteiger partial charge in [0.1, 0.15) is 0 Å². The van der Waals surface area contributed by atoms with Crippen LogP contribution >= 0.6 is 0 Å². The van der Waals surface area contributed by atoms with Gasteiger partial charge in [-0.05, 0) is 44.9 Å². The van der Waals surface area contributed by atoms with Crippen molar-refractivity contribution in [3.63, 3.8) is 0 Å². The third kappa shape index (κ3) is 32.0. The van der Waals surface area contributed by atoms with Gasteiger partial charge in [-0.15, -0.1) is 0 Å². The van der Waals surface area contributed by atoms with Gasteiger partial charge in [0.05, 0.1) is 17.9 Å². The zero-order chi connectivity index (χ0) is 32.6. The van der Waals surface area contributed by atoms with E-state index in [0.717, 1.165) is 38.5 Å². The summed E-state index contributed by atoms with van der Waals surface area (Å²) in [5, 5.41) is 13.1. The quantitative estimate of drug-likeness (QED) is 0.0386. The van der Waals surface area contributed by atoms with E-state index in [2.05, 4.69) is 43.5 Å². The Labute approximate surface area is 272 Å². The fourth-order valence-electron chi connectivity index (χ4n) is 5.30. The van der Waals surface area contributed by atoms with Crippen molar-refractivity contribution in [3.8, 4) is 0 Å². The summed E-state index contributed by atoms with van der Waals surface area (Å²) in [5.41, 5.74) is 0. The minimum Gasteiger partial charge on any atom is -0.387 e. The summed E-state index contributed by atoms with van der Waals surface area (Å²) in [4.78, 5) is 12.3. The molecule has 0 aromatic carbocycles. The van der Waals surface area contributed by atoms with Crippen molar-refractivity contribution >= 4 is 16.0 Å². The van der Waals surface area contributed by atoms with Crippen LogP contribution in [-0.2, 0) is 14.9 Å². The molecule has 7 heteroatoms. The number of unbranched alkanes of at least 4 members (excludes halogenated alkanes) is 20. The maximum absolute atomic E-state index is 12.3. The highest BCUT2D eigenvalue weighted by atomic mass is 32.2. The lowest BCUT2D eigenvalue weighted by Gasteiger charge is -2.21. The van der Waals surface area contributed by atoms with Crippen LogP contribution in [0.4, 0.5) is 0 Å². The van der Waals surface area contributed by atoms with Gasteiger partial charge < -0.3 is 10.4 Å². The highest BCUT2D eigenvalue weighted by Gasteiger charge is 2.24. The summed E-state index contributed by atoms with van der Waals surface area (Å²) >= 11 is 0. The number of allylic oxidation sites excluding steroid dienone is 5. The number of carbonyl (C=O) groups is 1. The average molecular weight is 640 g/mol. The Bertz CT molecular complexity index is 837. The van der Waals surface area contributed by atoms with Gasteiger partial charge in [0, 0.05) is 6.42 Å². The summed E-state index contributed by atoms with van der Waals surface area (Å²) in [6, 6.07) is -1.07. The van der Waals surface area contributed by atoms with E-state index in [0.29, 0.717) is 6.42 Å². The van der Waals surface area contributed by atoms with Gasteiger partial charge in [0.15, 0.2) is 0 Å². The summed E-state index contributed by atoms with van der Waals surface area (Å²) in [5.74, 6) is -1.01. The Morgan fingerprint density at radius 3 is 1.43 bits per heavy atom. The van der Waals surface area contributed by atoms with Crippen LogP contribution in [0, 0.1) is 0 Å². The first-order valence-corrected chi connectivity index (χ1v) is 19.8. The monoisotopic (exact) mass is 639 g/mol. The zero-order valence-electron chi connectivity index (χ0n) is 28.5. The molecule has 2 atom stereocenters. The fraction of sp³-hybridized carbons (Fsp3) is 0.811. The van der Waals surface area contributed by atoms with Crippen molar-refractivity contribution < 1.29 is 22.9 Å². The molecule has 44 heavy (non-hydrogen) atoms. The number of rotatable bonds is 32. The number of amides is 1. The third-order valence-electron chi connectivity index (χ3n) is 8.05. The van der Waals surface area contributed by atoms with Crippen LogP contribution in [0.2, 0.25) is 0 Å². The van der Waals surface area contributed by atoms with Crippen LogP contribution in [0.3, 0.4) is 0 Å². The molecule has 0 heterocycles. The lowest BCUT2D eigenvalue weighted by molar-refractivity contribution is -0.122. The van der Waals surface area contributed by atoms with E-state index in [-0.39, 0.29) is 12.3 Å². The molecule has 0 aliphatic rings. The second-order valence-corrected chi connectivity index (χ2v) is 14.0. The van der Waals surface area contributed by atoms with Gasteiger partial charge >= 0.3 is 0 Å². The van der Waals surface area contributed by atoms with Gasteiger partial charge in [-0.1, -0.05) is 159 Å². The second kappa shape index (κ2) is 31.5. The molecule has 3 N–H and O–H groups in total. The molecule has 1 amide bonds. The molecule has 0 aromatic rings. The first kappa shape index (κ1) is 42.6. The van der Waals surface area contributed by atoms with E-state index in [1.807, 2.05) is 0 Å². The molecule has 0 aliphatic heterocycles. The van der Waals surface area contributed by atoms with Crippen LogP contribution in [0.5, 0.6) is 0 Å². The fourth-order valence-corrected chi connectivity index (χ4v) is 6.04. The molecule has 0 saturated heterocycles. The smallest absolute Gasteiger partial charge is 0.267 e. The minimum absolute atomic E-state index is 0.284. The van der Waals surface area contributed by atoms with Crippen molar-refractivity contribution in [2.24, 2.45) is 0 Å². The average Bonchev–Trinajstić information content (AvgIpc) is 2.98. The number of hydrogen-bond acceptors (Lipinski definition) is 4. The first-order chi connectivity index (χ1) is 21.3. The Balaban J connectivity index is 4.00. The SMILES string of the molecule is CCCCCCCCCCCCC/C=C/CC/C=C/CC/C=C/C(O)C(CS(=O)(=O)O)NC(=O)CCCCCCCCCC. The highest BCUT2D eigenvalue weighted by molar-refractivity contribution is 7.85. The summed E-state index contributed by atoms with van der Waals surface area (Å²) in [6.07, 6.45) is 40.1. The van der Waals surface area contributed by atoms with E-state index in [1.165, 1.54) is 115 Å². The van der Waals surface area contributed by atoms with E-state index >= 15 is 0 Å². The van der Waals surface area contributed by atoms with Crippen molar-refractivity contribution in [3.05, 3.63) is 36.5 Å². The normalized spacial score (nSPS) is 13.8. The van der Waals surface area contributed by atoms with Gasteiger partial charge in [-0.2, -0.15) is 8.42 Å². The molecular formula is C37H69NO5S. The van der Waals surface area contributed by atoms with Crippen LogP contribution < -0.4 is 5.32 Å². The number of aliphatic hydroxyl groups is 1. The second-order valence-electron chi connectivity index (χ2n) is 12.5. The highest BCUT2D eigenvalue weighted by Crippen LogP contribution is 2.13. The molecular weight excluding hydrogens is 570 g/mol. The minimum atomic E-state index is -4.34. The topological polar surface area (TPSA) is 104 Å². The predicted molar refractivity (Wildman–Crippen MR) is 189 cm³/mol. The molecule has 0 fully saturated rings. The lowest BCUT2D eigenvalue weighted by atomic mass is 10.1. The van der Waals surface area contributed by atoms with Gasteiger partial charge in [-0.3, -0.25) is 9.35 Å². The Hall–Kier alpha value is -1.44. The zero-order valence-corrected chi connectivity index (χ0v) is 29.3. The largest absolute Gasteiger partial charge is 0.387 e. The van der Waals surface area contributed by atoms with Crippen molar-refractivity contribution in [2.75, 3.05) is 5.75 Å². The third-order valence-corrected chi connectivity index (χ3v) is 8.83. The van der Waals surface area contributed by atoms with Crippen LogP contribution in [0.25, 0.3) is 0 Å². The van der Waals surface area contributed by atoms with Gasteiger partial charge in [0.25, 0.3) is 10.1 Å². The lowest BCUT2D eigenvalue weighted by Crippen LogP contribution is -2.46. The summed E-state index contributed by atoms with van der Waals surface area (Å²) in [7, 11) is -4.34. The molecule has 0 radical (unpaired) electrons. The molecule has 0 aromatic heterocycles. The molecule has 258 valence electrons. The summed E-state index contributed by atoms with van der Waals surface area (Å²) in [6.45, 7) is 4.46. The standard InChI is InChI=1S/C37H69NO5S/c1-3-5-7-9-11-13-14-15-16-17-18-19-20-21-22-23-24-25-26-28-30-32-36(39)35(34-44(41,42)43)38-37(40)33-31-29-27-12-10-8-6-4-2/h20-21,24-25,30,32,35-36,39H,3-19,22-23,26-29,31,33-34H2,1-2H3,(H,38,40)(H,41,42,43)/b21-20+,25-24+,32-30+. The molecule has 0 spiro atoms. The first-order valence-electron chi connectivity index (χ1n) is 18.2. The summed E-state index contributed by atoms with van der Waals surface area (Å²) < 4.78 is 32.2. The van der Waals surface area contributed by atoms with E-state index in [9.17, 15) is 22.9 Å². The Morgan fingerprint density at radius 1 is 0.591 bits per heavy atom. The van der Waals surface area contributed by atoms with Crippen molar-refractivity contribution in [1.82, 2.24) is 5.32 Å². The van der Waals surface area contributed by atoms with E-state index in [1.54, 1.807) is 6.08 Å². The molecule has 0 bridgehead atoms. The number of nitrogens with one attached hydrogen (secondary N) is 1. The molecule has 2 unspecified atom stereocenters. The number of carbonyl (C=O) groups excluding carboxylic acids is 1. The van der Waals surface area contributed by atoms with Crippen LogP contribution in [0.1, 0.15) is 174 Å². The van der Waals surface area contributed by atoms with Gasteiger partial charge in [0.2, 0.25) is 5.91 Å². The number of hydrogen-bond donors (Lipinski definition) is 3. The van der Waals surface area contributed by atoms with Crippen molar-refractivity contribution in [1.29, 1.82) is 0 Å². The van der Waals surface area contributed by atoms with E-state index < -0.39 is 28.0 Å². The molecule has 0 aliphatic carbocycles. The Morgan fingerprint density at radius 2 is 0.977 bits per heavy atom. The molecule has 0 saturated carbocycles.